The number of methoxy groups -OCH3 is 1. The minimum absolute atomic E-state index is 0.121. The lowest BCUT2D eigenvalue weighted by molar-refractivity contribution is 0.183. The van der Waals surface area contributed by atoms with Crippen LogP contribution in [-0.2, 0) is 17.9 Å². The molecule has 2 aromatic rings. The zero-order chi connectivity index (χ0) is 12.1. The molecular weight excluding hydrogens is 218 g/mol. The highest BCUT2D eigenvalue weighted by atomic mass is 16.5. The van der Waals surface area contributed by atoms with E-state index in [2.05, 4.69) is 10.2 Å². The van der Waals surface area contributed by atoms with Crippen LogP contribution in [0.25, 0.3) is 11.4 Å². The van der Waals surface area contributed by atoms with Crippen molar-refractivity contribution in [3.63, 3.8) is 0 Å². The number of hydrogen-bond donors (Lipinski definition) is 1. The summed E-state index contributed by atoms with van der Waals surface area (Å²) in [6.45, 7) is 1.07. The fourth-order valence-corrected chi connectivity index (χ4v) is 1.67. The monoisotopic (exact) mass is 233 g/mol. The van der Waals surface area contributed by atoms with Gasteiger partial charge < -0.3 is 14.4 Å². The minimum atomic E-state index is -0.121. The van der Waals surface area contributed by atoms with E-state index in [1.165, 1.54) is 0 Å². The average molecular weight is 233 g/mol. The molecule has 5 heteroatoms. The molecule has 17 heavy (non-hydrogen) atoms. The summed E-state index contributed by atoms with van der Waals surface area (Å²) in [6, 6.07) is 9.78. The predicted octanol–water partition coefficient (Wildman–Crippen LogP) is 1.08. The summed E-state index contributed by atoms with van der Waals surface area (Å²) in [4.78, 5) is 0. The van der Waals surface area contributed by atoms with E-state index in [9.17, 15) is 5.11 Å². The molecule has 0 bridgehead atoms. The Bertz CT molecular complexity index is 468. The van der Waals surface area contributed by atoms with Crippen LogP contribution in [0.15, 0.2) is 30.3 Å². The first-order chi connectivity index (χ1) is 8.36. The van der Waals surface area contributed by atoms with Gasteiger partial charge in [-0.15, -0.1) is 10.2 Å². The fraction of sp³-hybridized carbons (Fsp3) is 0.333. The molecule has 1 heterocycles. The lowest BCUT2D eigenvalue weighted by Gasteiger charge is -2.08. The molecule has 1 aromatic carbocycles. The summed E-state index contributed by atoms with van der Waals surface area (Å²) in [6.07, 6.45) is 0. The van der Waals surface area contributed by atoms with Gasteiger partial charge >= 0.3 is 0 Å². The molecule has 0 spiro atoms. The van der Waals surface area contributed by atoms with Gasteiger partial charge in [0.15, 0.2) is 11.6 Å². The zero-order valence-corrected chi connectivity index (χ0v) is 9.71. The third kappa shape index (κ3) is 2.51. The number of aliphatic hydroxyl groups is 1. The molecule has 0 unspecified atom stereocenters. The Labute approximate surface area is 99.7 Å². The lowest BCUT2D eigenvalue weighted by atomic mass is 10.2. The summed E-state index contributed by atoms with van der Waals surface area (Å²) >= 11 is 0. The second-order valence-corrected chi connectivity index (χ2v) is 3.61. The zero-order valence-electron chi connectivity index (χ0n) is 9.71. The van der Waals surface area contributed by atoms with Gasteiger partial charge in [0, 0.05) is 19.2 Å². The number of nitrogens with zero attached hydrogens (tertiary/aromatic N) is 3. The van der Waals surface area contributed by atoms with Crippen molar-refractivity contribution in [2.75, 3.05) is 13.7 Å². The maximum atomic E-state index is 9.21. The molecule has 0 atom stereocenters. The number of hydrogen-bond acceptors (Lipinski definition) is 4. The van der Waals surface area contributed by atoms with E-state index in [0.29, 0.717) is 19.0 Å². The van der Waals surface area contributed by atoms with Gasteiger partial charge in [-0.2, -0.15) is 0 Å². The van der Waals surface area contributed by atoms with Gasteiger partial charge in [0.25, 0.3) is 0 Å². The van der Waals surface area contributed by atoms with E-state index in [4.69, 9.17) is 4.74 Å². The van der Waals surface area contributed by atoms with E-state index in [1.807, 2.05) is 34.9 Å². The molecule has 0 amide bonds. The van der Waals surface area contributed by atoms with Crippen molar-refractivity contribution in [1.82, 2.24) is 14.8 Å². The van der Waals surface area contributed by atoms with Crippen LogP contribution in [0.5, 0.6) is 0 Å². The van der Waals surface area contributed by atoms with Crippen molar-refractivity contribution >= 4 is 0 Å². The lowest BCUT2D eigenvalue weighted by Crippen LogP contribution is -2.09. The number of rotatable bonds is 5. The summed E-state index contributed by atoms with van der Waals surface area (Å²) in [7, 11) is 1.64. The van der Waals surface area contributed by atoms with Crippen molar-refractivity contribution in [2.45, 2.75) is 13.2 Å². The Morgan fingerprint density at radius 3 is 2.65 bits per heavy atom. The molecule has 0 fully saturated rings. The molecule has 0 aliphatic carbocycles. The third-order valence-corrected chi connectivity index (χ3v) is 2.52. The second-order valence-electron chi connectivity index (χ2n) is 3.61. The largest absolute Gasteiger partial charge is 0.388 e. The molecule has 0 aliphatic rings. The van der Waals surface area contributed by atoms with Crippen molar-refractivity contribution in [3.8, 4) is 11.4 Å². The fourth-order valence-electron chi connectivity index (χ4n) is 1.67. The predicted molar refractivity (Wildman–Crippen MR) is 63.3 cm³/mol. The van der Waals surface area contributed by atoms with Crippen LogP contribution in [0.3, 0.4) is 0 Å². The SMILES string of the molecule is COCCn1c(CO)nnc1-c1ccccc1. The van der Waals surface area contributed by atoms with E-state index in [1.54, 1.807) is 7.11 Å². The number of aliphatic hydroxyl groups excluding tert-OH is 1. The van der Waals surface area contributed by atoms with Crippen LogP contribution in [-0.4, -0.2) is 33.6 Å². The standard InChI is InChI=1S/C12H15N3O2/c1-17-8-7-15-11(9-16)13-14-12(15)10-5-3-2-4-6-10/h2-6,16H,7-9H2,1H3. The quantitative estimate of drug-likeness (QED) is 0.839. The molecule has 5 nitrogen and oxygen atoms in total. The average Bonchev–Trinajstić information content (AvgIpc) is 2.80. The Balaban J connectivity index is 2.36. The molecule has 0 saturated carbocycles. The van der Waals surface area contributed by atoms with Gasteiger partial charge in [0.2, 0.25) is 0 Å². The third-order valence-electron chi connectivity index (χ3n) is 2.52. The van der Waals surface area contributed by atoms with Gasteiger partial charge in [-0.3, -0.25) is 0 Å². The minimum Gasteiger partial charge on any atom is -0.388 e. The van der Waals surface area contributed by atoms with E-state index in [0.717, 1.165) is 11.4 Å². The van der Waals surface area contributed by atoms with Crippen LogP contribution in [0.1, 0.15) is 5.82 Å². The molecule has 0 radical (unpaired) electrons. The van der Waals surface area contributed by atoms with Crippen molar-refractivity contribution < 1.29 is 9.84 Å². The summed E-state index contributed by atoms with van der Waals surface area (Å²) in [5, 5.41) is 17.3. The highest BCUT2D eigenvalue weighted by molar-refractivity contribution is 5.54. The summed E-state index contributed by atoms with van der Waals surface area (Å²) < 4.78 is 6.92. The van der Waals surface area contributed by atoms with Gasteiger partial charge in [-0.1, -0.05) is 30.3 Å². The van der Waals surface area contributed by atoms with E-state index in [-0.39, 0.29) is 6.61 Å². The summed E-state index contributed by atoms with van der Waals surface area (Å²) in [5.41, 5.74) is 0.982. The molecule has 90 valence electrons. The van der Waals surface area contributed by atoms with Crippen LogP contribution < -0.4 is 0 Å². The first kappa shape index (κ1) is 11.8. The maximum absolute atomic E-state index is 9.21. The molecule has 0 aliphatic heterocycles. The first-order valence-electron chi connectivity index (χ1n) is 5.44. The van der Waals surface area contributed by atoms with Crippen molar-refractivity contribution in [1.29, 1.82) is 0 Å². The number of benzene rings is 1. The normalized spacial score (nSPS) is 10.7. The smallest absolute Gasteiger partial charge is 0.164 e. The Hall–Kier alpha value is -1.72. The second kappa shape index (κ2) is 5.56. The van der Waals surface area contributed by atoms with Gasteiger partial charge in [0.1, 0.15) is 6.61 Å². The van der Waals surface area contributed by atoms with Gasteiger partial charge in [-0.05, 0) is 0 Å². The van der Waals surface area contributed by atoms with Crippen LogP contribution in [0.4, 0.5) is 0 Å². The summed E-state index contributed by atoms with van der Waals surface area (Å²) in [5.74, 6) is 1.31. The number of ether oxygens (including phenoxy) is 1. The number of aromatic nitrogens is 3. The van der Waals surface area contributed by atoms with Crippen LogP contribution in [0, 0.1) is 0 Å². The van der Waals surface area contributed by atoms with Crippen molar-refractivity contribution in [2.24, 2.45) is 0 Å². The molecule has 0 saturated heterocycles. The van der Waals surface area contributed by atoms with Crippen molar-refractivity contribution in [3.05, 3.63) is 36.2 Å². The topological polar surface area (TPSA) is 60.2 Å². The first-order valence-corrected chi connectivity index (χ1v) is 5.44. The van der Waals surface area contributed by atoms with Crippen LogP contribution in [0.2, 0.25) is 0 Å². The Morgan fingerprint density at radius 1 is 1.24 bits per heavy atom. The molecule has 1 N–H and O–H groups in total. The van der Waals surface area contributed by atoms with Crippen LogP contribution >= 0.6 is 0 Å². The Kier molecular flexibility index (Phi) is 3.85. The highest BCUT2D eigenvalue weighted by Gasteiger charge is 2.12. The maximum Gasteiger partial charge on any atom is 0.164 e. The van der Waals surface area contributed by atoms with E-state index >= 15 is 0 Å². The Morgan fingerprint density at radius 2 is 2.00 bits per heavy atom. The van der Waals surface area contributed by atoms with Gasteiger partial charge in [-0.25, -0.2) is 0 Å². The highest BCUT2D eigenvalue weighted by Crippen LogP contribution is 2.17. The molecule has 1 aromatic heterocycles. The van der Waals surface area contributed by atoms with E-state index < -0.39 is 0 Å². The molecular formula is C12H15N3O2. The molecule has 2 rings (SSSR count). The van der Waals surface area contributed by atoms with Gasteiger partial charge in [0.05, 0.1) is 6.61 Å².